The van der Waals surface area contributed by atoms with Crippen molar-refractivity contribution in [2.24, 2.45) is 0 Å². The molecule has 6 heteroatoms. The second kappa shape index (κ2) is 4.22. The summed E-state index contributed by atoms with van der Waals surface area (Å²) >= 11 is 0. The number of rotatable bonds is 2. The zero-order valence-electron chi connectivity index (χ0n) is 7.69. The van der Waals surface area contributed by atoms with Crippen molar-refractivity contribution in [3.05, 3.63) is 0 Å². The smallest absolute Gasteiger partial charge is 0.344 e. The van der Waals surface area contributed by atoms with Crippen LogP contribution in [0.1, 0.15) is 12.8 Å². The average Bonchev–Trinajstić information content (AvgIpc) is 2.17. The number of carbonyl (C=O) groups excluding carboxylic acids is 1. The largest absolute Gasteiger partial charge is 0.468 e. The minimum absolute atomic E-state index is 0.374. The molecule has 0 radical (unpaired) electrons. The maximum Gasteiger partial charge on any atom is 0.344 e. The summed E-state index contributed by atoms with van der Waals surface area (Å²) in [5.74, 6) is -0.523. The van der Waals surface area contributed by atoms with Crippen LogP contribution in [0.15, 0.2) is 0 Å². The lowest BCUT2D eigenvalue weighted by molar-refractivity contribution is -0.141. The topological polar surface area (TPSA) is 61.8 Å². The van der Waals surface area contributed by atoms with Crippen LogP contribution in [0.4, 0.5) is 0 Å². The molecule has 1 aliphatic rings. The Hall–Kier alpha value is -0.380. The van der Waals surface area contributed by atoms with E-state index >= 15 is 0 Å². The quantitative estimate of drug-likeness (QED) is 0.503. The van der Waals surface area contributed by atoms with E-state index in [0.717, 1.165) is 0 Å². The molecule has 0 unspecified atom stereocenters. The van der Waals surface area contributed by atoms with E-state index in [9.17, 15) is 9.36 Å². The number of methoxy groups -OCH3 is 1. The van der Waals surface area contributed by atoms with Gasteiger partial charge in [0, 0.05) is 7.11 Å². The Morgan fingerprint density at radius 1 is 1.54 bits per heavy atom. The Morgan fingerprint density at radius 3 is 2.77 bits per heavy atom. The molecule has 5 nitrogen and oxygen atoms in total. The van der Waals surface area contributed by atoms with E-state index in [0.29, 0.717) is 19.4 Å². The van der Waals surface area contributed by atoms with Crippen LogP contribution in [-0.4, -0.2) is 32.5 Å². The third-order valence-electron chi connectivity index (χ3n) is 2.00. The zero-order chi connectivity index (χ0) is 9.90. The number of esters is 1. The van der Waals surface area contributed by atoms with Gasteiger partial charge in [-0.2, -0.15) is 0 Å². The molecule has 0 saturated carbocycles. The van der Waals surface area contributed by atoms with Gasteiger partial charge in [0.25, 0.3) is 0 Å². The molecule has 0 bridgehead atoms. The normalized spacial score (nSPS) is 34.2. The van der Waals surface area contributed by atoms with E-state index in [1.807, 2.05) is 0 Å². The van der Waals surface area contributed by atoms with Crippen molar-refractivity contribution in [3.63, 3.8) is 0 Å². The highest BCUT2D eigenvalue weighted by atomic mass is 31.2. The van der Waals surface area contributed by atoms with E-state index in [1.165, 1.54) is 14.2 Å². The van der Waals surface area contributed by atoms with Gasteiger partial charge in [0.2, 0.25) is 0 Å². The first-order valence-corrected chi connectivity index (χ1v) is 5.63. The molecule has 2 atom stereocenters. The lowest BCUT2D eigenvalue weighted by Crippen LogP contribution is -2.28. The van der Waals surface area contributed by atoms with Gasteiger partial charge < -0.3 is 13.8 Å². The summed E-state index contributed by atoms with van der Waals surface area (Å²) < 4.78 is 26.0. The van der Waals surface area contributed by atoms with Gasteiger partial charge in [0.1, 0.15) is 0 Å². The summed E-state index contributed by atoms with van der Waals surface area (Å²) in [4.78, 5) is 11.2. The lowest BCUT2D eigenvalue weighted by atomic mass is 10.2. The van der Waals surface area contributed by atoms with Crippen LogP contribution < -0.4 is 0 Å². The third kappa shape index (κ3) is 2.10. The highest BCUT2D eigenvalue weighted by molar-refractivity contribution is 7.55. The number of carbonyl (C=O) groups is 1. The maximum absolute atomic E-state index is 11.8. The van der Waals surface area contributed by atoms with Crippen molar-refractivity contribution in [3.8, 4) is 0 Å². The molecular weight excluding hydrogens is 195 g/mol. The number of ether oxygens (including phenoxy) is 1. The number of hydrogen-bond acceptors (Lipinski definition) is 5. The maximum atomic E-state index is 11.8. The molecule has 0 aromatic heterocycles. The molecule has 0 spiro atoms. The van der Waals surface area contributed by atoms with Crippen LogP contribution in [0.2, 0.25) is 0 Å². The van der Waals surface area contributed by atoms with Crippen molar-refractivity contribution in [2.75, 3.05) is 20.8 Å². The second-order valence-corrected chi connectivity index (χ2v) is 5.06. The fourth-order valence-electron chi connectivity index (χ4n) is 1.28. The lowest BCUT2D eigenvalue weighted by Gasteiger charge is -2.27. The van der Waals surface area contributed by atoms with Crippen LogP contribution in [0.5, 0.6) is 0 Å². The molecule has 0 N–H and O–H groups in total. The highest BCUT2D eigenvalue weighted by Gasteiger charge is 2.43. The fourth-order valence-corrected chi connectivity index (χ4v) is 3.07. The summed E-state index contributed by atoms with van der Waals surface area (Å²) in [5, 5.41) is 0. The van der Waals surface area contributed by atoms with Crippen molar-refractivity contribution in [2.45, 2.75) is 18.5 Å². The fraction of sp³-hybridized carbons (Fsp3) is 0.857. The Morgan fingerprint density at radius 2 is 2.23 bits per heavy atom. The predicted octanol–water partition coefficient (Wildman–Crippen LogP) is 1.18. The standard InChI is InChI=1S/C7H13O5P/c1-10-7(8)6-4-3-5-12-13(6,9)11-2/h6H,3-5H2,1-2H3/t6-,13+/m0/s1. The molecule has 1 heterocycles. The van der Waals surface area contributed by atoms with E-state index in [4.69, 9.17) is 9.05 Å². The Labute approximate surface area is 76.9 Å². The molecule has 0 aliphatic carbocycles. The van der Waals surface area contributed by atoms with Crippen LogP contribution in [0, 0.1) is 0 Å². The first kappa shape index (κ1) is 10.7. The van der Waals surface area contributed by atoms with Gasteiger partial charge in [-0.1, -0.05) is 0 Å². The Kier molecular flexibility index (Phi) is 3.47. The zero-order valence-corrected chi connectivity index (χ0v) is 8.58. The third-order valence-corrected chi connectivity index (χ3v) is 4.29. The molecule has 0 aromatic rings. The van der Waals surface area contributed by atoms with Gasteiger partial charge in [-0.15, -0.1) is 0 Å². The first-order chi connectivity index (χ1) is 6.14. The Bertz CT molecular complexity index is 239. The molecule has 0 amide bonds. The first-order valence-electron chi connectivity index (χ1n) is 4.02. The summed E-state index contributed by atoms with van der Waals surface area (Å²) in [7, 11) is -0.711. The molecule has 76 valence electrons. The minimum atomic E-state index is -3.25. The Balaban J connectivity index is 2.79. The van der Waals surface area contributed by atoms with E-state index < -0.39 is 19.2 Å². The van der Waals surface area contributed by atoms with Gasteiger partial charge in [-0.25, -0.2) is 0 Å². The number of hydrogen-bond donors (Lipinski definition) is 0. The molecule has 1 saturated heterocycles. The summed E-state index contributed by atoms with van der Waals surface area (Å²) in [5.41, 5.74) is -0.753. The summed E-state index contributed by atoms with van der Waals surface area (Å²) in [6, 6.07) is 0. The molecule has 0 aromatic carbocycles. The van der Waals surface area contributed by atoms with Crippen molar-refractivity contribution in [1.29, 1.82) is 0 Å². The molecule has 1 rings (SSSR count). The van der Waals surface area contributed by atoms with Gasteiger partial charge >= 0.3 is 13.6 Å². The van der Waals surface area contributed by atoms with Gasteiger partial charge in [-0.3, -0.25) is 9.36 Å². The van der Waals surface area contributed by atoms with Gasteiger partial charge in [0.15, 0.2) is 5.66 Å². The second-order valence-electron chi connectivity index (χ2n) is 2.74. The highest BCUT2D eigenvalue weighted by Crippen LogP contribution is 2.56. The summed E-state index contributed by atoms with van der Waals surface area (Å²) in [6.45, 7) is 0.374. The van der Waals surface area contributed by atoms with Gasteiger partial charge in [0.05, 0.1) is 13.7 Å². The van der Waals surface area contributed by atoms with Gasteiger partial charge in [-0.05, 0) is 12.8 Å². The predicted molar refractivity (Wildman–Crippen MR) is 45.6 cm³/mol. The van der Waals surface area contributed by atoms with Crippen LogP contribution in [-0.2, 0) is 23.1 Å². The molecule has 13 heavy (non-hydrogen) atoms. The molecule has 1 fully saturated rings. The van der Waals surface area contributed by atoms with Crippen LogP contribution >= 0.6 is 7.60 Å². The van der Waals surface area contributed by atoms with E-state index in [1.54, 1.807) is 0 Å². The summed E-state index contributed by atoms with van der Waals surface area (Å²) in [6.07, 6.45) is 1.20. The van der Waals surface area contributed by atoms with Crippen LogP contribution in [0.3, 0.4) is 0 Å². The van der Waals surface area contributed by atoms with Crippen LogP contribution in [0.25, 0.3) is 0 Å². The molecule has 1 aliphatic heterocycles. The minimum Gasteiger partial charge on any atom is -0.468 e. The van der Waals surface area contributed by atoms with Crippen molar-refractivity contribution in [1.82, 2.24) is 0 Å². The SMILES string of the molecule is COC(=O)[C@@H]1CCCO[P@]1(=O)OC. The van der Waals surface area contributed by atoms with Crippen molar-refractivity contribution < 1.29 is 23.1 Å². The van der Waals surface area contributed by atoms with E-state index in [-0.39, 0.29) is 0 Å². The van der Waals surface area contributed by atoms with Crippen molar-refractivity contribution >= 4 is 13.6 Å². The monoisotopic (exact) mass is 208 g/mol. The average molecular weight is 208 g/mol. The van der Waals surface area contributed by atoms with E-state index in [2.05, 4.69) is 4.74 Å². The molecular formula is C7H13O5P.